The van der Waals surface area contributed by atoms with Gasteiger partial charge in [-0.3, -0.25) is 4.79 Å². The van der Waals surface area contributed by atoms with Gasteiger partial charge < -0.3 is 9.64 Å². The van der Waals surface area contributed by atoms with Gasteiger partial charge in [0.15, 0.2) is 0 Å². The Morgan fingerprint density at radius 2 is 2.14 bits per heavy atom. The summed E-state index contributed by atoms with van der Waals surface area (Å²) >= 11 is 0. The minimum atomic E-state index is -3.75. The second kappa shape index (κ2) is 6.13. The number of nitrogens with zero attached hydrogens (tertiary/aromatic N) is 1. The second-order valence-corrected chi connectivity index (χ2v) is 6.83. The van der Waals surface area contributed by atoms with Gasteiger partial charge in [-0.2, -0.15) is 0 Å². The first kappa shape index (κ1) is 15.9. The molecule has 1 unspecified atom stereocenters. The number of ether oxygens (including phenoxy) is 1. The molecular formula is C14H20N2O4S. The summed E-state index contributed by atoms with van der Waals surface area (Å²) in [6.07, 6.45) is 1.91. The van der Waals surface area contributed by atoms with Crippen LogP contribution in [0.5, 0.6) is 0 Å². The van der Waals surface area contributed by atoms with Gasteiger partial charge >= 0.3 is 0 Å². The lowest BCUT2D eigenvalue weighted by molar-refractivity contribution is 0.0268. The third kappa shape index (κ3) is 3.61. The molecule has 21 heavy (non-hydrogen) atoms. The predicted octanol–water partition coefficient (Wildman–Crippen LogP) is 0.893. The molecule has 116 valence electrons. The number of nitrogens with two attached hydrogens (primary N) is 1. The SMILES string of the molecule is COC1CCCN(C(=O)c2ccc(S(N)(=O)=O)cc2C)C1. The molecular weight excluding hydrogens is 292 g/mol. The Labute approximate surface area is 124 Å². The van der Waals surface area contributed by atoms with Crippen molar-refractivity contribution in [2.24, 2.45) is 5.14 Å². The number of carbonyl (C=O) groups is 1. The molecule has 0 aliphatic carbocycles. The van der Waals surface area contributed by atoms with Crippen LogP contribution < -0.4 is 5.14 Å². The summed E-state index contributed by atoms with van der Waals surface area (Å²) in [5.74, 6) is -0.102. The van der Waals surface area contributed by atoms with E-state index in [2.05, 4.69) is 0 Å². The average Bonchev–Trinajstić information content (AvgIpc) is 2.45. The monoisotopic (exact) mass is 312 g/mol. The number of hydrogen-bond acceptors (Lipinski definition) is 4. The van der Waals surface area contributed by atoms with Crippen LogP contribution in [0.4, 0.5) is 0 Å². The van der Waals surface area contributed by atoms with Crippen molar-refractivity contribution < 1.29 is 17.9 Å². The summed E-state index contributed by atoms with van der Waals surface area (Å²) in [5.41, 5.74) is 1.10. The maximum absolute atomic E-state index is 12.5. The summed E-state index contributed by atoms with van der Waals surface area (Å²) in [6, 6.07) is 4.32. The first-order chi connectivity index (χ1) is 9.82. The predicted molar refractivity (Wildman–Crippen MR) is 78.5 cm³/mol. The van der Waals surface area contributed by atoms with Gasteiger partial charge in [0.1, 0.15) is 0 Å². The lowest BCUT2D eigenvalue weighted by atomic mass is 10.0. The normalized spacial score (nSPS) is 19.6. The number of carbonyl (C=O) groups excluding carboxylic acids is 1. The van der Waals surface area contributed by atoms with Gasteiger partial charge in [-0.1, -0.05) is 0 Å². The number of rotatable bonds is 3. The maximum atomic E-state index is 12.5. The van der Waals surface area contributed by atoms with E-state index in [1.165, 1.54) is 18.2 Å². The van der Waals surface area contributed by atoms with E-state index in [0.717, 1.165) is 12.8 Å². The smallest absolute Gasteiger partial charge is 0.254 e. The Bertz CT molecular complexity index is 642. The zero-order chi connectivity index (χ0) is 15.6. The zero-order valence-electron chi connectivity index (χ0n) is 12.2. The van der Waals surface area contributed by atoms with E-state index >= 15 is 0 Å². The van der Waals surface area contributed by atoms with E-state index in [4.69, 9.17) is 9.88 Å². The molecule has 1 fully saturated rings. The standard InChI is InChI=1S/C14H20N2O4S/c1-10-8-12(21(15,18)19)5-6-13(10)14(17)16-7-3-4-11(9-16)20-2/h5-6,8,11H,3-4,7,9H2,1-2H3,(H2,15,18,19). The van der Waals surface area contributed by atoms with Crippen LogP contribution >= 0.6 is 0 Å². The first-order valence-electron chi connectivity index (χ1n) is 6.78. The van der Waals surface area contributed by atoms with E-state index in [9.17, 15) is 13.2 Å². The van der Waals surface area contributed by atoms with Crippen LogP contribution in [0.2, 0.25) is 0 Å². The highest BCUT2D eigenvalue weighted by Crippen LogP contribution is 2.19. The number of amides is 1. The molecule has 0 aromatic heterocycles. The number of hydrogen-bond donors (Lipinski definition) is 1. The van der Waals surface area contributed by atoms with Crippen molar-refractivity contribution in [3.63, 3.8) is 0 Å². The lowest BCUT2D eigenvalue weighted by Gasteiger charge is -2.32. The Morgan fingerprint density at radius 1 is 1.43 bits per heavy atom. The molecule has 1 aliphatic rings. The molecule has 6 nitrogen and oxygen atoms in total. The third-order valence-electron chi connectivity index (χ3n) is 3.76. The van der Waals surface area contributed by atoms with Crippen molar-refractivity contribution in [3.8, 4) is 0 Å². The zero-order valence-corrected chi connectivity index (χ0v) is 13.0. The number of piperidine rings is 1. The van der Waals surface area contributed by atoms with Crippen LogP contribution in [0.3, 0.4) is 0 Å². The van der Waals surface area contributed by atoms with Gasteiger partial charge in [-0.15, -0.1) is 0 Å². The maximum Gasteiger partial charge on any atom is 0.254 e. The van der Waals surface area contributed by atoms with E-state index in [1.54, 1.807) is 18.9 Å². The second-order valence-electron chi connectivity index (χ2n) is 5.27. The minimum Gasteiger partial charge on any atom is -0.380 e. The van der Waals surface area contributed by atoms with Gasteiger partial charge in [0.25, 0.3) is 5.91 Å². The van der Waals surface area contributed by atoms with Crippen molar-refractivity contribution >= 4 is 15.9 Å². The fraction of sp³-hybridized carbons (Fsp3) is 0.500. The van der Waals surface area contributed by atoms with E-state index in [-0.39, 0.29) is 16.9 Å². The quantitative estimate of drug-likeness (QED) is 0.897. The van der Waals surface area contributed by atoms with E-state index in [1.807, 2.05) is 0 Å². The number of benzene rings is 1. The highest BCUT2D eigenvalue weighted by atomic mass is 32.2. The average molecular weight is 312 g/mol. The van der Waals surface area contributed by atoms with Gasteiger partial charge in [-0.25, -0.2) is 13.6 Å². The Balaban J connectivity index is 2.23. The van der Waals surface area contributed by atoms with Gasteiger partial charge in [0, 0.05) is 25.8 Å². The summed E-state index contributed by atoms with van der Waals surface area (Å²) < 4.78 is 27.9. The molecule has 1 aliphatic heterocycles. The van der Waals surface area contributed by atoms with Gasteiger partial charge in [0.2, 0.25) is 10.0 Å². The summed E-state index contributed by atoms with van der Waals surface area (Å²) in [7, 11) is -2.11. The van der Waals surface area contributed by atoms with E-state index in [0.29, 0.717) is 24.2 Å². The van der Waals surface area contributed by atoms with Crippen LogP contribution in [0.1, 0.15) is 28.8 Å². The third-order valence-corrected chi connectivity index (χ3v) is 4.67. The fourth-order valence-corrected chi connectivity index (χ4v) is 3.14. The van der Waals surface area contributed by atoms with Crippen molar-refractivity contribution in [1.82, 2.24) is 4.90 Å². The van der Waals surface area contributed by atoms with Gasteiger partial charge in [-0.05, 0) is 43.5 Å². The van der Waals surface area contributed by atoms with Crippen molar-refractivity contribution in [1.29, 1.82) is 0 Å². The molecule has 0 spiro atoms. The lowest BCUT2D eigenvalue weighted by Crippen LogP contribution is -2.43. The molecule has 2 N–H and O–H groups in total. The molecule has 0 radical (unpaired) electrons. The molecule has 7 heteroatoms. The summed E-state index contributed by atoms with van der Waals surface area (Å²) in [6.45, 7) is 2.96. The fourth-order valence-electron chi connectivity index (χ4n) is 2.54. The topological polar surface area (TPSA) is 89.7 Å². The van der Waals surface area contributed by atoms with Crippen LogP contribution in [0.25, 0.3) is 0 Å². The molecule has 0 saturated carbocycles. The molecule has 1 amide bonds. The molecule has 1 atom stereocenters. The van der Waals surface area contributed by atoms with E-state index < -0.39 is 10.0 Å². The van der Waals surface area contributed by atoms with Crippen LogP contribution in [-0.4, -0.2) is 45.5 Å². The number of methoxy groups -OCH3 is 1. The first-order valence-corrected chi connectivity index (χ1v) is 8.33. The number of aryl methyl sites for hydroxylation is 1. The summed E-state index contributed by atoms with van der Waals surface area (Å²) in [5, 5.41) is 5.09. The van der Waals surface area contributed by atoms with Crippen molar-refractivity contribution in [2.75, 3.05) is 20.2 Å². The van der Waals surface area contributed by atoms with Crippen molar-refractivity contribution in [2.45, 2.75) is 30.8 Å². The Morgan fingerprint density at radius 3 is 2.71 bits per heavy atom. The van der Waals surface area contributed by atoms with Crippen LogP contribution in [-0.2, 0) is 14.8 Å². The number of primary sulfonamides is 1. The molecule has 2 rings (SSSR count). The Hall–Kier alpha value is -1.44. The molecule has 1 saturated heterocycles. The van der Waals surface area contributed by atoms with Crippen LogP contribution in [0.15, 0.2) is 23.1 Å². The van der Waals surface area contributed by atoms with Crippen LogP contribution in [0, 0.1) is 6.92 Å². The molecule has 1 heterocycles. The molecule has 0 bridgehead atoms. The molecule has 1 aromatic carbocycles. The highest BCUT2D eigenvalue weighted by Gasteiger charge is 2.25. The van der Waals surface area contributed by atoms with Gasteiger partial charge in [0.05, 0.1) is 11.0 Å². The van der Waals surface area contributed by atoms with Crippen molar-refractivity contribution in [3.05, 3.63) is 29.3 Å². The Kier molecular flexibility index (Phi) is 4.65. The molecule has 1 aromatic rings. The largest absolute Gasteiger partial charge is 0.380 e. The number of likely N-dealkylation sites (tertiary alicyclic amines) is 1. The minimum absolute atomic E-state index is 0.0185. The number of sulfonamides is 1. The highest BCUT2D eigenvalue weighted by molar-refractivity contribution is 7.89. The summed E-state index contributed by atoms with van der Waals surface area (Å²) in [4.78, 5) is 14.3.